The Kier molecular flexibility index (Phi) is 6.17. The van der Waals surface area contributed by atoms with Gasteiger partial charge < -0.3 is 11.1 Å². The van der Waals surface area contributed by atoms with Crippen molar-refractivity contribution in [2.75, 3.05) is 6.54 Å². The second-order valence-electron chi connectivity index (χ2n) is 4.28. The van der Waals surface area contributed by atoms with Gasteiger partial charge in [0.2, 0.25) is 0 Å². The first-order valence-corrected chi connectivity index (χ1v) is 7.03. The van der Waals surface area contributed by atoms with E-state index in [-0.39, 0.29) is 24.4 Å². The molecule has 1 aliphatic rings. The Balaban J connectivity index is 0.00000162. The summed E-state index contributed by atoms with van der Waals surface area (Å²) in [5, 5.41) is 3.65. The second kappa shape index (κ2) is 6.93. The summed E-state index contributed by atoms with van der Waals surface area (Å²) in [5.74, 6) is 0.497. The van der Waals surface area contributed by atoms with Gasteiger partial charge in [0, 0.05) is 21.7 Å². The molecule has 0 bridgehead atoms. The maximum atomic E-state index is 12.0. The summed E-state index contributed by atoms with van der Waals surface area (Å²) >= 11 is 8.03. The number of nitrogens with one attached hydrogen (secondary N) is 1. The van der Waals surface area contributed by atoms with Crippen LogP contribution in [-0.4, -0.2) is 18.5 Å². The number of benzene rings is 1. The van der Waals surface area contributed by atoms with Crippen molar-refractivity contribution in [2.24, 2.45) is 11.7 Å². The van der Waals surface area contributed by atoms with E-state index in [0.29, 0.717) is 23.0 Å². The van der Waals surface area contributed by atoms with Crippen LogP contribution in [0.4, 0.5) is 0 Å². The SMILES string of the molecule is Cl.NCC(NC(=O)c1ccc(Cl)c(I)c1)C1CC1. The van der Waals surface area contributed by atoms with E-state index in [0.717, 1.165) is 3.57 Å². The van der Waals surface area contributed by atoms with Crippen molar-refractivity contribution in [3.63, 3.8) is 0 Å². The van der Waals surface area contributed by atoms with Crippen molar-refractivity contribution in [3.8, 4) is 0 Å². The fourth-order valence-electron chi connectivity index (χ4n) is 1.76. The van der Waals surface area contributed by atoms with Crippen molar-refractivity contribution in [3.05, 3.63) is 32.4 Å². The number of carbonyl (C=O) groups is 1. The fourth-order valence-corrected chi connectivity index (χ4v) is 2.39. The molecule has 100 valence electrons. The minimum atomic E-state index is -0.0677. The van der Waals surface area contributed by atoms with Gasteiger partial charge in [0.15, 0.2) is 0 Å². The fraction of sp³-hybridized carbons (Fsp3) is 0.417. The maximum Gasteiger partial charge on any atom is 0.251 e. The summed E-state index contributed by atoms with van der Waals surface area (Å²) in [6, 6.07) is 5.38. The first kappa shape index (κ1) is 16.0. The van der Waals surface area contributed by atoms with Crippen LogP contribution >= 0.6 is 46.6 Å². The summed E-state index contributed by atoms with van der Waals surface area (Å²) in [4.78, 5) is 12.0. The molecule has 6 heteroatoms. The molecular weight excluding hydrogens is 386 g/mol. The average Bonchev–Trinajstić information content (AvgIpc) is 3.13. The summed E-state index contributed by atoms with van der Waals surface area (Å²) in [5.41, 5.74) is 6.29. The molecule has 1 saturated carbocycles. The van der Waals surface area contributed by atoms with Crippen LogP contribution in [0.5, 0.6) is 0 Å². The Hall–Kier alpha value is -0.0400. The van der Waals surface area contributed by atoms with Crippen LogP contribution in [-0.2, 0) is 0 Å². The molecule has 18 heavy (non-hydrogen) atoms. The summed E-state index contributed by atoms with van der Waals surface area (Å²) in [6.45, 7) is 0.501. The highest BCUT2D eigenvalue weighted by Crippen LogP contribution is 2.32. The van der Waals surface area contributed by atoms with Gasteiger partial charge >= 0.3 is 0 Å². The third-order valence-electron chi connectivity index (χ3n) is 2.94. The highest BCUT2D eigenvalue weighted by molar-refractivity contribution is 14.1. The van der Waals surface area contributed by atoms with Gasteiger partial charge in [-0.3, -0.25) is 4.79 Å². The predicted molar refractivity (Wildman–Crippen MR) is 84.4 cm³/mol. The van der Waals surface area contributed by atoms with E-state index in [1.54, 1.807) is 18.2 Å². The number of nitrogens with two attached hydrogens (primary N) is 1. The number of amides is 1. The molecule has 0 radical (unpaired) electrons. The average molecular weight is 401 g/mol. The summed E-state index contributed by atoms with van der Waals surface area (Å²) < 4.78 is 0.882. The highest BCUT2D eigenvalue weighted by Gasteiger charge is 2.31. The molecule has 0 spiro atoms. The van der Waals surface area contributed by atoms with Crippen molar-refractivity contribution < 1.29 is 4.79 Å². The normalized spacial score (nSPS) is 15.7. The van der Waals surface area contributed by atoms with Gasteiger partial charge in [-0.2, -0.15) is 0 Å². The van der Waals surface area contributed by atoms with Crippen molar-refractivity contribution in [1.82, 2.24) is 5.32 Å². The zero-order chi connectivity index (χ0) is 12.4. The topological polar surface area (TPSA) is 55.1 Å². The van der Waals surface area contributed by atoms with Gasteiger partial charge in [-0.1, -0.05) is 11.6 Å². The number of hydrogen-bond acceptors (Lipinski definition) is 2. The van der Waals surface area contributed by atoms with Crippen molar-refractivity contribution >= 4 is 52.5 Å². The third-order valence-corrected chi connectivity index (χ3v) is 4.48. The maximum absolute atomic E-state index is 12.0. The molecule has 1 aliphatic carbocycles. The summed E-state index contributed by atoms with van der Waals surface area (Å²) in [6.07, 6.45) is 2.33. The minimum absolute atomic E-state index is 0. The van der Waals surface area contributed by atoms with Crippen LogP contribution in [0.3, 0.4) is 0 Å². The molecule has 0 heterocycles. The molecule has 3 nitrogen and oxygen atoms in total. The Morgan fingerprint density at radius 2 is 2.22 bits per heavy atom. The molecule has 0 aromatic heterocycles. The molecule has 2 rings (SSSR count). The van der Waals surface area contributed by atoms with E-state index in [2.05, 4.69) is 27.9 Å². The Morgan fingerprint density at radius 1 is 1.56 bits per heavy atom. The van der Waals surface area contributed by atoms with E-state index in [1.807, 2.05) is 0 Å². The lowest BCUT2D eigenvalue weighted by Crippen LogP contribution is -2.41. The Morgan fingerprint density at radius 3 is 2.72 bits per heavy atom. The zero-order valence-corrected chi connectivity index (χ0v) is 13.4. The number of halogens is 3. The van der Waals surface area contributed by atoms with Crippen LogP contribution in [0.1, 0.15) is 23.2 Å². The van der Waals surface area contributed by atoms with E-state index in [9.17, 15) is 4.79 Å². The largest absolute Gasteiger partial charge is 0.348 e. The van der Waals surface area contributed by atoms with E-state index in [4.69, 9.17) is 17.3 Å². The number of rotatable bonds is 4. The van der Waals surface area contributed by atoms with E-state index >= 15 is 0 Å². The summed E-state index contributed by atoms with van der Waals surface area (Å²) in [7, 11) is 0. The van der Waals surface area contributed by atoms with Crippen molar-refractivity contribution in [2.45, 2.75) is 18.9 Å². The Labute approximate surface area is 131 Å². The van der Waals surface area contributed by atoms with Gasteiger partial charge in [0.25, 0.3) is 5.91 Å². The lowest BCUT2D eigenvalue weighted by Gasteiger charge is -2.16. The molecule has 1 fully saturated rings. The third kappa shape index (κ3) is 3.98. The van der Waals surface area contributed by atoms with Crippen LogP contribution in [0.25, 0.3) is 0 Å². The van der Waals surface area contributed by atoms with Gasteiger partial charge in [-0.25, -0.2) is 0 Å². The second-order valence-corrected chi connectivity index (χ2v) is 5.85. The number of carbonyl (C=O) groups excluding carboxylic acids is 1. The van der Waals surface area contributed by atoms with Gasteiger partial charge in [-0.15, -0.1) is 12.4 Å². The van der Waals surface area contributed by atoms with Crippen LogP contribution in [0.15, 0.2) is 18.2 Å². The molecule has 1 aromatic carbocycles. The lowest BCUT2D eigenvalue weighted by molar-refractivity contribution is 0.0933. The first-order chi connectivity index (χ1) is 8.11. The monoisotopic (exact) mass is 400 g/mol. The van der Waals surface area contributed by atoms with Gasteiger partial charge in [0.05, 0.1) is 5.02 Å². The quantitative estimate of drug-likeness (QED) is 0.763. The smallest absolute Gasteiger partial charge is 0.251 e. The van der Waals surface area contributed by atoms with Gasteiger partial charge in [0.1, 0.15) is 0 Å². The van der Waals surface area contributed by atoms with Crippen LogP contribution in [0.2, 0.25) is 5.02 Å². The lowest BCUT2D eigenvalue weighted by atomic mass is 10.1. The predicted octanol–water partition coefficient (Wildman–Crippen LogP) is 2.83. The number of hydrogen-bond donors (Lipinski definition) is 2. The van der Waals surface area contributed by atoms with Gasteiger partial charge in [-0.05, 0) is 59.5 Å². The van der Waals surface area contributed by atoms with Crippen LogP contribution < -0.4 is 11.1 Å². The minimum Gasteiger partial charge on any atom is -0.348 e. The van der Waals surface area contributed by atoms with E-state index in [1.165, 1.54) is 12.8 Å². The standard InChI is InChI=1S/C12H14ClIN2O.ClH/c13-9-4-3-8(5-10(9)14)12(17)16-11(6-15)7-1-2-7;/h3-5,7,11H,1-2,6,15H2,(H,16,17);1H. The molecular formula is C12H15Cl2IN2O. The first-order valence-electron chi connectivity index (χ1n) is 5.58. The molecule has 0 saturated heterocycles. The highest BCUT2D eigenvalue weighted by atomic mass is 127. The molecule has 3 N–H and O–H groups in total. The Bertz CT molecular complexity index is 438. The zero-order valence-electron chi connectivity index (χ0n) is 9.66. The van der Waals surface area contributed by atoms with E-state index < -0.39 is 0 Å². The molecule has 1 aromatic rings. The molecule has 1 amide bonds. The molecule has 1 unspecified atom stereocenters. The van der Waals surface area contributed by atoms with Crippen molar-refractivity contribution in [1.29, 1.82) is 0 Å². The van der Waals surface area contributed by atoms with Crippen LogP contribution in [0, 0.1) is 9.49 Å². The molecule has 1 atom stereocenters. The molecule has 0 aliphatic heterocycles.